The molecule has 0 bridgehead atoms. The zero-order valence-electron chi connectivity index (χ0n) is 9.46. The summed E-state index contributed by atoms with van der Waals surface area (Å²) >= 11 is 0. The summed E-state index contributed by atoms with van der Waals surface area (Å²) in [6.45, 7) is 5.59. The molecule has 1 heterocycles. The van der Waals surface area contributed by atoms with Gasteiger partial charge >= 0.3 is 0 Å². The summed E-state index contributed by atoms with van der Waals surface area (Å²) in [5.74, 6) is 0.102. The summed E-state index contributed by atoms with van der Waals surface area (Å²) in [6.07, 6.45) is 1.91. The second-order valence-electron chi connectivity index (χ2n) is 3.64. The van der Waals surface area contributed by atoms with Gasteiger partial charge in [-0.05, 0) is 31.4 Å². The van der Waals surface area contributed by atoms with Gasteiger partial charge in [0.25, 0.3) is 0 Å². The van der Waals surface area contributed by atoms with Crippen molar-refractivity contribution in [2.75, 3.05) is 12.0 Å². The van der Waals surface area contributed by atoms with Crippen molar-refractivity contribution in [2.45, 2.75) is 32.1 Å². The third-order valence-electron chi connectivity index (χ3n) is 2.48. The maximum atomic E-state index is 11.5. The Morgan fingerprint density at radius 1 is 1.33 bits per heavy atom. The molecular formula is C10H16N2O2S. The van der Waals surface area contributed by atoms with E-state index in [1.54, 1.807) is 6.92 Å². The summed E-state index contributed by atoms with van der Waals surface area (Å²) in [5, 5.41) is 0. The van der Waals surface area contributed by atoms with Crippen LogP contribution in [-0.2, 0) is 16.3 Å². The Hall–Kier alpha value is -1.10. The molecule has 1 aromatic heterocycles. The number of sulfone groups is 1. The van der Waals surface area contributed by atoms with Gasteiger partial charge in [0.05, 0.1) is 0 Å². The lowest BCUT2D eigenvalue weighted by molar-refractivity contribution is 0.601. The van der Waals surface area contributed by atoms with Gasteiger partial charge in [-0.3, -0.25) is 0 Å². The maximum Gasteiger partial charge on any atom is 0.179 e. The van der Waals surface area contributed by atoms with Crippen molar-refractivity contribution in [1.29, 1.82) is 0 Å². The van der Waals surface area contributed by atoms with E-state index >= 15 is 0 Å². The zero-order valence-corrected chi connectivity index (χ0v) is 10.3. The molecule has 0 amide bonds. The molecule has 1 aromatic rings. The molecule has 0 aliphatic carbocycles. The molecule has 2 N–H and O–H groups in total. The molecule has 0 saturated carbocycles. The third-order valence-corrected chi connectivity index (χ3v) is 3.73. The van der Waals surface area contributed by atoms with Crippen LogP contribution in [0.15, 0.2) is 4.90 Å². The lowest BCUT2D eigenvalue weighted by atomic mass is 10.1. The second kappa shape index (κ2) is 3.81. The Morgan fingerprint density at radius 2 is 1.87 bits per heavy atom. The Labute approximate surface area is 90.4 Å². The van der Waals surface area contributed by atoms with Gasteiger partial charge < -0.3 is 5.73 Å². The van der Waals surface area contributed by atoms with Crippen LogP contribution < -0.4 is 5.73 Å². The second-order valence-corrected chi connectivity index (χ2v) is 5.59. The molecule has 5 heteroatoms. The molecule has 0 atom stereocenters. The van der Waals surface area contributed by atoms with E-state index in [1.807, 2.05) is 13.8 Å². The quantitative estimate of drug-likeness (QED) is 0.826. The Morgan fingerprint density at radius 3 is 2.27 bits per heavy atom. The standard InChI is InChI=1S/C10H16N2O2S/c1-5-8-6(2)9(15(4,13)14)10(11)12-7(8)3/h5H2,1-4H3,(H2,11,12). The summed E-state index contributed by atoms with van der Waals surface area (Å²) in [5.41, 5.74) is 8.14. The number of nitrogens with zero attached hydrogens (tertiary/aromatic N) is 1. The average Bonchev–Trinajstić information content (AvgIpc) is 2.00. The van der Waals surface area contributed by atoms with Crippen molar-refractivity contribution >= 4 is 15.7 Å². The van der Waals surface area contributed by atoms with E-state index in [0.717, 1.165) is 29.5 Å². The number of nitrogen functional groups attached to an aromatic ring is 1. The molecule has 0 aliphatic rings. The van der Waals surface area contributed by atoms with Crippen LogP contribution in [0.1, 0.15) is 23.7 Å². The van der Waals surface area contributed by atoms with Gasteiger partial charge in [-0.25, -0.2) is 13.4 Å². The van der Waals surface area contributed by atoms with E-state index in [2.05, 4.69) is 4.98 Å². The van der Waals surface area contributed by atoms with Crippen LogP contribution in [-0.4, -0.2) is 19.7 Å². The van der Waals surface area contributed by atoms with Crippen LogP contribution in [0.3, 0.4) is 0 Å². The Balaban J connectivity index is 3.68. The number of rotatable bonds is 2. The predicted octanol–water partition coefficient (Wildman–Crippen LogP) is 1.25. The minimum absolute atomic E-state index is 0.102. The molecular weight excluding hydrogens is 212 g/mol. The highest BCUT2D eigenvalue weighted by Gasteiger charge is 2.19. The average molecular weight is 228 g/mol. The van der Waals surface area contributed by atoms with E-state index in [4.69, 9.17) is 5.73 Å². The summed E-state index contributed by atoms with van der Waals surface area (Å²) < 4.78 is 23.1. The van der Waals surface area contributed by atoms with E-state index in [-0.39, 0.29) is 10.7 Å². The minimum atomic E-state index is -3.30. The number of hydrogen-bond donors (Lipinski definition) is 1. The maximum absolute atomic E-state index is 11.5. The van der Waals surface area contributed by atoms with Gasteiger partial charge in [0.15, 0.2) is 9.84 Å². The number of hydrogen-bond acceptors (Lipinski definition) is 4. The van der Waals surface area contributed by atoms with Crippen LogP contribution in [0.25, 0.3) is 0 Å². The van der Waals surface area contributed by atoms with Gasteiger partial charge in [-0.2, -0.15) is 0 Å². The van der Waals surface area contributed by atoms with Gasteiger partial charge in [0.1, 0.15) is 10.7 Å². The first kappa shape index (κ1) is 12.0. The number of aryl methyl sites for hydroxylation is 1. The smallest absolute Gasteiger partial charge is 0.179 e. The number of nitrogens with two attached hydrogens (primary N) is 1. The SMILES string of the molecule is CCc1c(C)nc(N)c(S(C)(=O)=O)c1C. The molecule has 4 nitrogen and oxygen atoms in total. The Bertz CT molecular complexity index is 493. The first-order chi connectivity index (χ1) is 6.79. The molecule has 0 aliphatic heterocycles. The van der Waals surface area contributed by atoms with Crippen molar-refractivity contribution < 1.29 is 8.42 Å². The predicted molar refractivity (Wildman–Crippen MR) is 60.6 cm³/mol. The zero-order chi connectivity index (χ0) is 11.8. The fraction of sp³-hybridized carbons (Fsp3) is 0.500. The molecule has 15 heavy (non-hydrogen) atoms. The van der Waals surface area contributed by atoms with Crippen molar-refractivity contribution in [3.8, 4) is 0 Å². The highest BCUT2D eigenvalue weighted by atomic mass is 32.2. The van der Waals surface area contributed by atoms with Crippen molar-refractivity contribution in [2.24, 2.45) is 0 Å². The number of anilines is 1. The fourth-order valence-corrected chi connectivity index (χ4v) is 2.99. The molecule has 0 unspecified atom stereocenters. The van der Waals surface area contributed by atoms with Crippen LogP contribution in [0.5, 0.6) is 0 Å². The fourth-order valence-electron chi connectivity index (χ4n) is 1.89. The topological polar surface area (TPSA) is 73.0 Å². The van der Waals surface area contributed by atoms with E-state index in [0.29, 0.717) is 0 Å². The van der Waals surface area contributed by atoms with Crippen molar-refractivity contribution in [1.82, 2.24) is 4.98 Å². The van der Waals surface area contributed by atoms with Gasteiger partial charge in [0, 0.05) is 11.9 Å². The molecule has 0 spiro atoms. The monoisotopic (exact) mass is 228 g/mol. The molecule has 1 rings (SSSR count). The Kier molecular flexibility index (Phi) is 3.04. The van der Waals surface area contributed by atoms with Gasteiger partial charge in [0.2, 0.25) is 0 Å². The van der Waals surface area contributed by atoms with E-state index in [9.17, 15) is 8.42 Å². The van der Waals surface area contributed by atoms with Crippen molar-refractivity contribution in [3.63, 3.8) is 0 Å². The number of aromatic nitrogens is 1. The normalized spacial score (nSPS) is 11.7. The van der Waals surface area contributed by atoms with Crippen LogP contribution >= 0.6 is 0 Å². The molecule has 0 radical (unpaired) electrons. The third kappa shape index (κ3) is 2.12. The summed E-state index contributed by atoms with van der Waals surface area (Å²) in [6, 6.07) is 0. The van der Waals surface area contributed by atoms with Crippen LogP contribution in [0, 0.1) is 13.8 Å². The first-order valence-electron chi connectivity index (χ1n) is 4.74. The largest absolute Gasteiger partial charge is 0.383 e. The summed E-state index contributed by atoms with van der Waals surface area (Å²) in [7, 11) is -3.30. The minimum Gasteiger partial charge on any atom is -0.383 e. The highest BCUT2D eigenvalue weighted by Crippen LogP contribution is 2.26. The molecule has 0 fully saturated rings. The van der Waals surface area contributed by atoms with Crippen LogP contribution in [0.4, 0.5) is 5.82 Å². The molecule has 0 saturated heterocycles. The molecule has 84 valence electrons. The lowest BCUT2D eigenvalue weighted by Crippen LogP contribution is -2.11. The summed E-state index contributed by atoms with van der Waals surface area (Å²) in [4.78, 5) is 4.24. The van der Waals surface area contributed by atoms with E-state index in [1.165, 1.54) is 0 Å². The van der Waals surface area contributed by atoms with E-state index < -0.39 is 9.84 Å². The molecule has 0 aromatic carbocycles. The van der Waals surface area contributed by atoms with Gasteiger partial charge in [-0.15, -0.1) is 0 Å². The highest BCUT2D eigenvalue weighted by molar-refractivity contribution is 7.91. The first-order valence-corrected chi connectivity index (χ1v) is 6.63. The lowest BCUT2D eigenvalue weighted by Gasteiger charge is -2.13. The van der Waals surface area contributed by atoms with Crippen molar-refractivity contribution in [3.05, 3.63) is 16.8 Å². The van der Waals surface area contributed by atoms with Crippen LogP contribution in [0.2, 0.25) is 0 Å². The van der Waals surface area contributed by atoms with Gasteiger partial charge in [-0.1, -0.05) is 6.92 Å². The number of pyridine rings is 1.